The number of carbonyl (C=O) groups is 2. The molecule has 0 spiro atoms. The number of carboxylic acids is 1. The summed E-state index contributed by atoms with van der Waals surface area (Å²) in [6.45, 7) is 6.87. The minimum absolute atomic E-state index is 0.0167. The Morgan fingerprint density at radius 2 is 1.50 bits per heavy atom. The molecule has 1 aliphatic heterocycles. The number of ether oxygens (including phenoxy) is 1. The largest absolute Gasteiger partial charge is 0.478 e. The second kappa shape index (κ2) is 9.06. The van der Waals surface area contributed by atoms with Crippen molar-refractivity contribution in [2.75, 3.05) is 5.73 Å². The summed E-state index contributed by atoms with van der Waals surface area (Å²) >= 11 is 0. The quantitative estimate of drug-likeness (QED) is 0.153. The fourth-order valence-corrected chi connectivity index (χ4v) is 5.83. The van der Waals surface area contributed by atoms with E-state index in [1.807, 2.05) is 0 Å². The van der Waals surface area contributed by atoms with Gasteiger partial charge in [0.15, 0.2) is 22.2 Å². The number of nitrogen functional groups attached to an aromatic ring is 1. The fraction of sp³-hybridized carbons (Fsp3) is 0.120. The molecule has 38 heavy (non-hydrogen) atoms. The third-order valence-electron chi connectivity index (χ3n) is 5.92. The molecule has 0 saturated heterocycles. The summed E-state index contributed by atoms with van der Waals surface area (Å²) in [6.07, 6.45) is 0. The summed E-state index contributed by atoms with van der Waals surface area (Å²) in [4.78, 5) is 23.2. The standard InChI is InChI=1S/C25H21NO10S2/c1-11(2)20(27)13-5-7-14(17(10-13)25(28)29)19-15-6-4-12(3)23(37(30,31)32)21(15)36-22-16(19)8-9-18(26)24(22)38(33,34)35/h4-11H,3,26H2,1-2H3,(H,28,29)(H,30,31,32)(H,33,34,35). The molecule has 0 bridgehead atoms. The van der Waals surface area contributed by atoms with Crippen molar-refractivity contribution >= 4 is 49.8 Å². The van der Waals surface area contributed by atoms with Crippen molar-refractivity contribution in [2.45, 2.75) is 23.6 Å². The minimum atomic E-state index is -5.05. The maximum Gasteiger partial charge on any atom is 0.336 e. The number of fused-ring (bicyclic) bond motifs is 2. The van der Waals surface area contributed by atoms with Gasteiger partial charge in [0, 0.05) is 27.8 Å². The molecule has 11 nitrogen and oxygen atoms in total. The number of anilines is 1. The lowest BCUT2D eigenvalue weighted by atomic mass is 9.87. The van der Waals surface area contributed by atoms with Crippen LogP contribution < -0.4 is 20.9 Å². The van der Waals surface area contributed by atoms with Crippen LogP contribution >= 0.6 is 0 Å². The Kier molecular flexibility index (Phi) is 6.44. The molecule has 0 unspecified atom stereocenters. The monoisotopic (exact) mass is 559 g/mol. The summed E-state index contributed by atoms with van der Waals surface area (Å²) in [5.41, 5.74) is 5.01. The van der Waals surface area contributed by atoms with Gasteiger partial charge in [-0.15, -0.1) is 0 Å². The van der Waals surface area contributed by atoms with Crippen LogP contribution in [0.5, 0.6) is 11.5 Å². The molecule has 0 amide bonds. The second-order valence-electron chi connectivity index (χ2n) is 8.80. The van der Waals surface area contributed by atoms with Gasteiger partial charge in [-0.3, -0.25) is 13.9 Å². The van der Waals surface area contributed by atoms with E-state index < -0.39 is 59.1 Å². The smallest absolute Gasteiger partial charge is 0.336 e. The van der Waals surface area contributed by atoms with Crippen LogP contribution in [0.4, 0.5) is 5.69 Å². The lowest BCUT2D eigenvalue weighted by Crippen LogP contribution is -2.27. The van der Waals surface area contributed by atoms with E-state index >= 15 is 0 Å². The summed E-state index contributed by atoms with van der Waals surface area (Å²) in [7, 11) is -10.0. The van der Waals surface area contributed by atoms with Crippen molar-refractivity contribution in [3.05, 3.63) is 75.2 Å². The highest BCUT2D eigenvalue weighted by molar-refractivity contribution is 7.86. The number of nitrogens with two attached hydrogens (primary N) is 1. The molecular weight excluding hydrogens is 538 g/mol. The first kappa shape index (κ1) is 27.0. The van der Waals surface area contributed by atoms with Crippen LogP contribution in [0.3, 0.4) is 0 Å². The third-order valence-corrected chi connectivity index (χ3v) is 7.82. The molecule has 0 fully saturated rings. The predicted molar refractivity (Wildman–Crippen MR) is 136 cm³/mol. The highest BCUT2D eigenvalue weighted by atomic mass is 32.2. The van der Waals surface area contributed by atoms with Crippen LogP contribution in [-0.2, 0) is 20.2 Å². The molecule has 0 aliphatic carbocycles. The van der Waals surface area contributed by atoms with Crippen LogP contribution in [-0.4, -0.2) is 42.8 Å². The van der Waals surface area contributed by atoms with Crippen LogP contribution in [0, 0.1) is 5.92 Å². The lowest BCUT2D eigenvalue weighted by molar-refractivity contribution is 0.0696. The third kappa shape index (κ3) is 4.45. The van der Waals surface area contributed by atoms with Gasteiger partial charge in [-0.25, -0.2) is 4.79 Å². The highest BCUT2D eigenvalue weighted by Gasteiger charge is 2.34. The zero-order valence-electron chi connectivity index (χ0n) is 19.9. The van der Waals surface area contributed by atoms with Crippen molar-refractivity contribution in [3.63, 3.8) is 0 Å². The van der Waals surface area contributed by atoms with E-state index in [1.54, 1.807) is 13.8 Å². The number of ketones is 1. The Bertz CT molecular complexity index is 1890. The Morgan fingerprint density at radius 1 is 0.895 bits per heavy atom. The Hall–Kier alpha value is -4.04. The number of benzene rings is 3. The van der Waals surface area contributed by atoms with Crippen molar-refractivity contribution in [2.24, 2.45) is 5.92 Å². The van der Waals surface area contributed by atoms with Crippen LogP contribution in [0.15, 0.2) is 52.3 Å². The molecule has 0 aromatic heterocycles. The SMILES string of the molecule is C=c1ccc2c(c1S(=O)(=O)O)Oc1c(ccc(N)c1S(=O)(=O)O)C=2c1ccc(C(=O)C(C)C)cc1C(=O)O. The van der Waals surface area contributed by atoms with Gasteiger partial charge in [-0.2, -0.15) is 16.8 Å². The summed E-state index contributed by atoms with van der Waals surface area (Å²) < 4.78 is 74.6. The van der Waals surface area contributed by atoms with Crippen molar-refractivity contribution in [1.29, 1.82) is 0 Å². The van der Waals surface area contributed by atoms with E-state index in [4.69, 9.17) is 10.5 Å². The average Bonchev–Trinajstić information content (AvgIpc) is 2.79. The number of rotatable bonds is 6. The van der Waals surface area contributed by atoms with Crippen LogP contribution in [0.1, 0.15) is 45.7 Å². The highest BCUT2D eigenvalue weighted by Crippen LogP contribution is 2.44. The molecule has 0 saturated carbocycles. The normalized spacial score (nSPS) is 13.0. The van der Waals surface area contributed by atoms with E-state index in [9.17, 15) is 40.6 Å². The van der Waals surface area contributed by atoms with Crippen LogP contribution in [0.25, 0.3) is 12.2 Å². The number of hydrogen-bond acceptors (Lipinski definition) is 8. The maximum absolute atomic E-state index is 12.6. The lowest BCUT2D eigenvalue weighted by Gasteiger charge is -2.25. The average molecular weight is 560 g/mol. The topological polar surface area (TPSA) is 198 Å². The van der Waals surface area contributed by atoms with Gasteiger partial charge < -0.3 is 15.6 Å². The molecule has 5 N–H and O–H groups in total. The maximum atomic E-state index is 12.6. The van der Waals surface area contributed by atoms with E-state index in [1.165, 1.54) is 30.3 Å². The van der Waals surface area contributed by atoms with Gasteiger partial charge in [0.2, 0.25) is 0 Å². The molecule has 0 atom stereocenters. The van der Waals surface area contributed by atoms with Gasteiger partial charge >= 0.3 is 5.97 Å². The predicted octanol–water partition coefficient (Wildman–Crippen LogP) is 2.06. The first-order chi connectivity index (χ1) is 17.5. The molecule has 4 rings (SSSR count). The van der Waals surface area contributed by atoms with Gasteiger partial charge in [-0.1, -0.05) is 38.6 Å². The molecule has 198 valence electrons. The molecule has 0 radical (unpaired) electrons. The molecule has 1 aliphatic rings. The molecule has 1 heterocycles. The molecule has 13 heteroatoms. The van der Waals surface area contributed by atoms with Crippen molar-refractivity contribution in [3.8, 4) is 11.5 Å². The first-order valence-electron chi connectivity index (χ1n) is 10.9. The van der Waals surface area contributed by atoms with E-state index in [0.29, 0.717) is 0 Å². The Morgan fingerprint density at radius 3 is 2.05 bits per heavy atom. The number of Topliss-reactive ketones (excluding diaryl/α,β-unsaturated/α-hetero) is 1. The van der Waals surface area contributed by atoms with Gasteiger partial charge in [0.25, 0.3) is 20.2 Å². The van der Waals surface area contributed by atoms with Crippen molar-refractivity contribution in [1.82, 2.24) is 0 Å². The Labute approximate surface area is 217 Å². The zero-order chi connectivity index (χ0) is 28.3. The number of aromatic carboxylic acids is 1. The Balaban J connectivity index is 2.27. The van der Waals surface area contributed by atoms with E-state index in [0.717, 1.165) is 12.1 Å². The fourth-order valence-electron chi connectivity index (χ4n) is 4.29. The minimum Gasteiger partial charge on any atom is -0.478 e. The zero-order valence-corrected chi connectivity index (χ0v) is 21.6. The van der Waals surface area contributed by atoms with Gasteiger partial charge in [-0.05, 0) is 35.0 Å². The van der Waals surface area contributed by atoms with Gasteiger partial charge in [0.1, 0.15) is 4.90 Å². The summed E-state index contributed by atoms with van der Waals surface area (Å²) in [5.74, 6) is -3.35. The first-order valence-corrected chi connectivity index (χ1v) is 13.8. The van der Waals surface area contributed by atoms with Crippen molar-refractivity contribution < 1.29 is 45.4 Å². The molecule has 3 aromatic carbocycles. The summed E-state index contributed by atoms with van der Waals surface area (Å²) in [6, 6.07) is 8.91. The molecular formula is C25H21NO10S2. The number of carboxylic acid groups (broad SMARTS) is 1. The number of hydrogen-bond donors (Lipinski definition) is 4. The number of carbonyl (C=O) groups excluding carboxylic acids is 1. The van der Waals surface area contributed by atoms with Crippen LogP contribution in [0.2, 0.25) is 0 Å². The van der Waals surface area contributed by atoms with Gasteiger partial charge in [0.05, 0.1) is 11.3 Å². The second-order valence-corrected chi connectivity index (χ2v) is 11.5. The summed E-state index contributed by atoms with van der Waals surface area (Å²) in [5, 5.41) is 9.80. The van der Waals surface area contributed by atoms with E-state index in [-0.39, 0.29) is 44.0 Å². The van der Waals surface area contributed by atoms with E-state index in [2.05, 4.69) is 6.58 Å². The molecule has 3 aromatic rings.